The topological polar surface area (TPSA) is 64.6 Å². The zero-order valence-electron chi connectivity index (χ0n) is 16.2. The minimum atomic E-state index is -0.742. The van der Waals surface area contributed by atoms with Gasteiger partial charge in [-0.1, -0.05) is 60.5 Å². The molecule has 5 heteroatoms. The Balaban J connectivity index is 4.59. The summed E-state index contributed by atoms with van der Waals surface area (Å²) in [6, 6.07) is -0.742. The molecule has 0 aromatic heterocycles. The number of allylic oxidation sites excluding steroid dienone is 1. The van der Waals surface area contributed by atoms with Gasteiger partial charge in [0.1, 0.15) is 6.04 Å². The summed E-state index contributed by atoms with van der Waals surface area (Å²) in [4.78, 5) is 24.4. The number of ether oxygens (including phenoxy) is 2. The number of esters is 1. The number of alkyl carbamates (subject to hydrolysis) is 1. The molecular weight excluding hydrogens is 306 g/mol. The summed E-state index contributed by atoms with van der Waals surface area (Å²) in [5, 5.41) is 2.65. The molecule has 0 aliphatic rings. The summed E-state index contributed by atoms with van der Waals surface area (Å²) in [6.07, 6.45) is 4.85. The first-order valence-electron chi connectivity index (χ1n) is 8.74. The van der Waals surface area contributed by atoms with Gasteiger partial charge in [-0.2, -0.15) is 0 Å². The quantitative estimate of drug-likeness (QED) is 0.362. The Labute approximate surface area is 147 Å². The van der Waals surface area contributed by atoms with E-state index in [1.807, 2.05) is 34.6 Å². The van der Waals surface area contributed by atoms with E-state index in [0.29, 0.717) is 6.61 Å². The van der Waals surface area contributed by atoms with Gasteiger partial charge in [-0.15, -0.1) is 6.58 Å². The summed E-state index contributed by atoms with van der Waals surface area (Å²) < 4.78 is 10.6. The number of unbranched alkanes of at least 4 members (excludes halogenated alkanes) is 2. The van der Waals surface area contributed by atoms with E-state index in [9.17, 15) is 9.59 Å². The summed E-state index contributed by atoms with van der Waals surface area (Å²) in [5.74, 6) is -0.416. The molecule has 0 rings (SSSR count). The van der Waals surface area contributed by atoms with Crippen LogP contribution in [0.4, 0.5) is 4.79 Å². The van der Waals surface area contributed by atoms with E-state index >= 15 is 0 Å². The monoisotopic (exact) mass is 341 g/mol. The normalized spacial score (nSPS) is 13.1. The van der Waals surface area contributed by atoms with Crippen molar-refractivity contribution in [1.82, 2.24) is 5.32 Å². The predicted molar refractivity (Wildman–Crippen MR) is 96.8 cm³/mol. The predicted octanol–water partition coefficient (Wildman–Crippen LogP) is 4.46. The average Bonchev–Trinajstić information content (AvgIpc) is 2.46. The Morgan fingerprint density at radius 1 is 1.12 bits per heavy atom. The van der Waals surface area contributed by atoms with Gasteiger partial charge in [-0.05, 0) is 18.3 Å². The van der Waals surface area contributed by atoms with Crippen LogP contribution in [0.3, 0.4) is 0 Å². The SMILES string of the molecule is C=CCC(C)(C)COC(=O)NC(C(=O)OCCCCC)C(C)(C)C. The van der Waals surface area contributed by atoms with E-state index in [1.165, 1.54) is 0 Å². The maximum absolute atomic E-state index is 12.3. The van der Waals surface area contributed by atoms with Gasteiger partial charge in [-0.3, -0.25) is 0 Å². The van der Waals surface area contributed by atoms with Crippen LogP contribution in [0.5, 0.6) is 0 Å². The van der Waals surface area contributed by atoms with E-state index in [-0.39, 0.29) is 12.0 Å². The molecule has 0 aromatic carbocycles. The lowest BCUT2D eigenvalue weighted by molar-refractivity contribution is -0.149. The number of hydrogen-bond donors (Lipinski definition) is 1. The van der Waals surface area contributed by atoms with Crippen molar-refractivity contribution in [1.29, 1.82) is 0 Å². The molecule has 1 amide bonds. The molecule has 0 spiro atoms. The molecule has 1 unspecified atom stereocenters. The molecule has 0 saturated carbocycles. The third-order valence-electron chi connectivity index (χ3n) is 3.65. The standard InChI is InChI=1S/C19H35NO4/c1-8-10-11-13-23-16(21)15(18(3,4)5)20-17(22)24-14-19(6,7)12-9-2/h9,15H,2,8,10-14H2,1,3-7H3,(H,20,22). The van der Waals surface area contributed by atoms with Crippen LogP contribution in [0.2, 0.25) is 0 Å². The lowest BCUT2D eigenvalue weighted by Crippen LogP contribution is -2.50. The van der Waals surface area contributed by atoms with Crippen LogP contribution in [-0.4, -0.2) is 31.3 Å². The van der Waals surface area contributed by atoms with Gasteiger partial charge in [0.15, 0.2) is 0 Å². The number of carbonyl (C=O) groups excluding carboxylic acids is 2. The fourth-order valence-corrected chi connectivity index (χ4v) is 2.11. The number of rotatable bonds is 10. The molecule has 0 fully saturated rings. The largest absolute Gasteiger partial charge is 0.464 e. The second kappa shape index (κ2) is 10.4. The van der Waals surface area contributed by atoms with Crippen LogP contribution < -0.4 is 5.32 Å². The maximum atomic E-state index is 12.3. The van der Waals surface area contributed by atoms with Crippen LogP contribution in [0.25, 0.3) is 0 Å². The van der Waals surface area contributed by atoms with Crippen LogP contribution in [0, 0.1) is 10.8 Å². The fraction of sp³-hybridized carbons (Fsp3) is 0.789. The number of carbonyl (C=O) groups is 2. The molecule has 0 radical (unpaired) electrons. The van der Waals surface area contributed by atoms with Crippen LogP contribution >= 0.6 is 0 Å². The molecule has 1 atom stereocenters. The minimum Gasteiger partial charge on any atom is -0.464 e. The minimum absolute atomic E-state index is 0.184. The maximum Gasteiger partial charge on any atom is 0.407 e. The van der Waals surface area contributed by atoms with Gasteiger partial charge in [0.05, 0.1) is 13.2 Å². The Morgan fingerprint density at radius 3 is 2.25 bits per heavy atom. The van der Waals surface area contributed by atoms with Gasteiger partial charge in [-0.25, -0.2) is 9.59 Å². The molecule has 140 valence electrons. The van der Waals surface area contributed by atoms with Crippen molar-refractivity contribution in [2.75, 3.05) is 13.2 Å². The third kappa shape index (κ3) is 9.58. The van der Waals surface area contributed by atoms with Crippen molar-refractivity contribution < 1.29 is 19.1 Å². The number of hydrogen-bond acceptors (Lipinski definition) is 4. The Morgan fingerprint density at radius 2 is 1.75 bits per heavy atom. The lowest BCUT2D eigenvalue weighted by Gasteiger charge is -2.30. The Bertz CT molecular complexity index is 410. The smallest absolute Gasteiger partial charge is 0.407 e. The van der Waals surface area contributed by atoms with Crippen LogP contribution in [0.15, 0.2) is 12.7 Å². The molecule has 5 nitrogen and oxygen atoms in total. The van der Waals surface area contributed by atoms with Crippen molar-refractivity contribution in [3.63, 3.8) is 0 Å². The van der Waals surface area contributed by atoms with Crippen molar-refractivity contribution >= 4 is 12.1 Å². The van der Waals surface area contributed by atoms with Gasteiger partial charge in [0.2, 0.25) is 0 Å². The highest BCUT2D eigenvalue weighted by molar-refractivity contribution is 5.82. The van der Waals surface area contributed by atoms with E-state index in [2.05, 4.69) is 18.8 Å². The molecule has 0 saturated heterocycles. The zero-order chi connectivity index (χ0) is 18.8. The van der Waals surface area contributed by atoms with Crippen molar-refractivity contribution in [3.05, 3.63) is 12.7 Å². The fourth-order valence-electron chi connectivity index (χ4n) is 2.11. The average molecular weight is 341 g/mol. The highest BCUT2D eigenvalue weighted by atomic mass is 16.6. The van der Waals surface area contributed by atoms with Crippen molar-refractivity contribution in [3.8, 4) is 0 Å². The molecule has 0 aromatic rings. The lowest BCUT2D eigenvalue weighted by atomic mass is 9.87. The summed E-state index contributed by atoms with van der Waals surface area (Å²) >= 11 is 0. The Kier molecular flexibility index (Phi) is 9.71. The summed E-state index contributed by atoms with van der Waals surface area (Å²) in [6.45, 7) is 16.1. The van der Waals surface area contributed by atoms with Crippen LogP contribution in [0.1, 0.15) is 67.2 Å². The molecule has 24 heavy (non-hydrogen) atoms. The first-order valence-corrected chi connectivity index (χ1v) is 8.74. The number of nitrogens with one attached hydrogen (secondary N) is 1. The second-order valence-electron chi connectivity index (χ2n) is 8.05. The highest BCUT2D eigenvalue weighted by Gasteiger charge is 2.35. The van der Waals surface area contributed by atoms with E-state index in [1.54, 1.807) is 6.08 Å². The van der Waals surface area contributed by atoms with E-state index in [4.69, 9.17) is 9.47 Å². The Hall–Kier alpha value is -1.52. The first-order chi connectivity index (χ1) is 11.0. The highest BCUT2D eigenvalue weighted by Crippen LogP contribution is 2.23. The van der Waals surface area contributed by atoms with E-state index < -0.39 is 23.5 Å². The van der Waals surface area contributed by atoms with Crippen LogP contribution in [-0.2, 0) is 14.3 Å². The second-order valence-corrected chi connectivity index (χ2v) is 8.05. The number of amides is 1. The van der Waals surface area contributed by atoms with Gasteiger partial charge >= 0.3 is 12.1 Å². The molecule has 0 bridgehead atoms. The van der Waals surface area contributed by atoms with Crippen molar-refractivity contribution in [2.45, 2.75) is 73.3 Å². The van der Waals surface area contributed by atoms with Gasteiger partial charge < -0.3 is 14.8 Å². The summed E-state index contributed by atoms with van der Waals surface area (Å²) in [7, 11) is 0. The summed E-state index contributed by atoms with van der Waals surface area (Å²) in [5.41, 5.74) is -0.644. The molecule has 0 heterocycles. The molecule has 0 aliphatic heterocycles. The zero-order valence-corrected chi connectivity index (χ0v) is 16.2. The first kappa shape index (κ1) is 22.5. The molecular formula is C19H35NO4. The molecule has 0 aliphatic carbocycles. The van der Waals surface area contributed by atoms with Crippen molar-refractivity contribution in [2.24, 2.45) is 10.8 Å². The molecule has 1 N–H and O–H groups in total. The van der Waals surface area contributed by atoms with Gasteiger partial charge in [0, 0.05) is 5.41 Å². The van der Waals surface area contributed by atoms with Gasteiger partial charge in [0.25, 0.3) is 0 Å². The third-order valence-corrected chi connectivity index (χ3v) is 3.65. The van der Waals surface area contributed by atoms with E-state index in [0.717, 1.165) is 25.7 Å².